The summed E-state index contributed by atoms with van der Waals surface area (Å²) in [5, 5.41) is 2.73. The summed E-state index contributed by atoms with van der Waals surface area (Å²) in [6, 6.07) is 10.8. The standard InChI is InChI=1S/C23H26FN3O5/c1-31-18-7-8-20(32-2)19(11-18)27-13-16(10-21(27)28)23(30)26-12-15(22(25)29)9-14-3-5-17(24)6-4-14/h3-8,11,15-16H,9-10,12-13H2,1-2H3,(H2,25,29)(H,26,30). The van der Waals surface area contributed by atoms with Crippen LogP contribution >= 0.6 is 0 Å². The first-order valence-electron chi connectivity index (χ1n) is 10.2. The van der Waals surface area contributed by atoms with Gasteiger partial charge < -0.3 is 25.4 Å². The highest BCUT2D eigenvalue weighted by atomic mass is 19.1. The van der Waals surface area contributed by atoms with Crippen molar-refractivity contribution in [3.63, 3.8) is 0 Å². The van der Waals surface area contributed by atoms with Gasteiger partial charge in [-0.1, -0.05) is 12.1 Å². The number of halogens is 1. The highest BCUT2D eigenvalue weighted by Crippen LogP contribution is 2.36. The van der Waals surface area contributed by atoms with E-state index >= 15 is 0 Å². The van der Waals surface area contributed by atoms with E-state index in [9.17, 15) is 18.8 Å². The number of ether oxygens (including phenoxy) is 2. The molecule has 2 aromatic carbocycles. The molecule has 1 aliphatic rings. The van der Waals surface area contributed by atoms with Crippen LogP contribution in [0.2, 0.25) is 0 Å². The van der Waals surface area contributed by atoms with Crippen molar-refractivity contribution in [1.29, 1.82) is 0 Å². The number of amides is 3. The monoisotopic (exact) mass is 443 g/mol. The molecule has 0 bridgehead atoms. The number of methoxy groups -OCH3 is 2. The molecule has 2 unspecified atom stereocenters. The van der Waals surface area contributed by atoms with Crippen LogP contribution in [-0.2, 0) is 20.8 Å². The van der Waals surface area contributed by atoms with Gasteiger partial charge in [0.1, 0.15) is 17.3 Å². The van der Waals surface area contributed by atoms with Gasteiger partial charge in [0.05, 0.1) is 31.7 Å². The Morgan fingerprint density at radius 1 is 1.19 bits per heavy atom. The number of hydrogen-bond donors (Lipinski definition) is 2. The Hall–Kier alpha value is -3.62. The second-order valence-electron chi connectivity index (χ2n) is 7.62. The number of anilines is 1. The van der Waals surface area contributed by atoms with Gasteiger partial charge in [-0.2, -0.15) is 0 Å². The number of benzene rings is 2. The average Bonchev–Trinajstić information content (AvgIpc) is 3.18. The Kier molecular flexibility index (Phi) is 7.29. The van der Waals surface area contributed by atoms with E-state index in [0.717, 1.165) is 5.56 Å². The predicted octanol–water partition coefficient (Wildman–Crippen LogP) is 1.66. The third-order valence-corrected chi connectivity index (χ3v) is 5.49. The molecule has 1 aliphatic heterocycles. The molecule has 0 aliphatic carbocycles. The third-order valence-electron chi connectivity index (χ3n) is 5.49. The summed E-state index contributed by atoms with van der Waals surface area (Å²) in [5.41, 5.74) is 6.74. The van der Waals surface area contributed by atoms with Gasteiger partial charge in [-0.15, -0.1) is 0 Å². The average molecular weight is 443 g/mol. The van der Waals surface area contributed by atoms with Gasteiger partial charge in [-0.3, -0.25) is 14.4 Å². The molecular formula is C23H26FN3O5. The maximum atomic E-state index is 13.1. The molecule has 170 valence electrons. The molecule has 0 aromatic heterocycles. The minimum Gasteiger partial charge on any atom is -0.497 e. The number of rotatable bonds is 9. The van der Waals surface area contributed by atoms with Crippen molar-refractivity contribution in [2.24, 2.45) is 17.6 Å². The fourth-order valence-electron chi connectivity index (χ4n) is 3.67. The van der Waals surface area contributed by atoms with Crippen LogP contribution in [-0.4, -0.2) is 45.0 Å². The molecular weight excluding hydrogens is 417 g/mol. The highest BCUT2D eigenvalue weighted by molar-refractivity contribution is 6.01. The number of hydrogen-bond acceptors (Lipinski definition) is 5. The van der Waals surface area contributed by atoms with E-state index in [4.69, 9.17) is 15.2 Å². The van der Waals surface area contributed by atoms with Crippen LogP contribution in [0.5, 0.6) is 11.5 Å². The van der Waals surface area contributed by atoms with E-state index in [1.165, 1.54) is 31.3 Å². The van der Waals surface area contributed by atoms with Crippen molar-refractivity contribution >= 4 is 23.4 Å². The lowest BCUT2D eigenvalue weighted by molar-refractivity contribution is -0.127. The van der Waals surface area contributed by atoms with Crippen molar-refractivity contribution < 1.29 is 28.2 Å². The molecule has 1 heterocycles. The number of carbonyl (C=O) groups is 3. The van der Waals surface area contributed by atoms with Gasteiger partial charge in [0, 0.05) is 25.6 Å². The summed E-state index contributed by atoms with van der Waals surface area (Å²) < 4.78 is 23.7. The van der Waals surface area contributed by atoms with E-state index in [-0.39, 0.29) is 43.6 Å². The van der Waals surface area contributed by atoms with E-state index in [1.54, 1.807) is 30.3 Å². The first-order valence-corrected chi connectivity index (χ1v) is 10.2. The van der Waals surface area contributed by atoms with Crippen molar-refractivity contribution in [2.75, 3.05) is 32.2 Å². The highest BCUT2D eigenvalue weighted by Gasteiger charge is 2.36. The van der Waals surface area contributed by atoms with Crippen LogP contribution in [0, 0.1) is 17.7 Å². The number of nitrogens with one attached hydrogen (secondary N) is 1. The lowest BCUT2D eigenvalue weighted by Crippen LogP contribution is -2.40. The molecule has 2 atom stereocenters. The fourth-order valence-corrected chi connectivity index (χ4v) is 3.67. The van der Waals surface area contributed by atoms with Gasteiger partial charge in [0.25, 0.3) is 0 Å². The molecule has 9 heteroatoms. The SMILES string of the molecule is COc1ccc(OC)c(N2CC(C(=O)NCC(Cc3ccc(F)cc3)C(N)=O)CC2=O)c1. The van der Waals surface area contributed by atoms with Gasteiger partial charge >= 0.3 is 0 Å². The molecule has 8 nitrogen and oxygen atoms in total. The van der Waals surface area contributed by atoms with E-state index in [0.29, 0.717) is 17.2 Å². The molecule has 0 radical (unpaired) electrons. The Balaban J connectivity index is 1.64. The van der Waals surface area contributed by atoms with Crippen LogP contribution in [0.1, 0.15) is 12.0 Å². The van der Waals surface area contributed by atoms with Crippen molar-refractivity contribution in [3.8, 4) is 11.5 Å². The Morgan fingerprint density at radius 3 is 2.53 bits per heavy atom. The zero-order chi connectivity index (χ0) is 23.3. The first kappa shape index (κ1) is 23.1. The third kappa shape index (κ3) is 5.35. The second-order valence-corrected chi connectivity index (χ2v) is 7.62. The smallest absolute Gasteiger partial charge is 0.227 e. The van der Waals surface area contributed by atoms with Crippen LogP contribution in [0.25, 0.3) is 0 Å². The summed E-state index contributed by atoms with van der Waals surface area (Å²) >= 11 is 0. The van der Waals surface area contributed by atoms with E-state index < -0.39 is 17.7 Å². The number of carbonyl (C=O) groups excluding carboxylic acids is 3. The summed E-state index contributed by atoms with van der Waals surface area (Å²) in [6.45, 7) is 0.201. The molecule has 32 heavy (non-hydrogen) atoms. The Bertz CT molecular complexity index is 996. The quantitative estimate of drug-likeness (QED) is 0.612. The molecule has 0 spiro atoms. The first-order chi connectivity index (χ1) is 15.3. The summed E-state index contributed by atoms with van der Waals surface area (Å²) in [5.74, 6) is -1.68. The van der Waals surface area contributed by atoms with Gasteiger partial charge in [-0.05, 0) is 36.2 Å². The van der Waals surface area contributed by atoms with Crippen molar-refractivity contribution in [1.82, 2.24) is 5.32 Å². The Morgan fingerprint density at radius 2 is 1.91 bits per heavy atom. The summed E-state index contributed by atoms with van der Waals surface area (Å²) in [6.07, 6.45) is 0.304. The van der Waals surface area contributed by atoms with Crippen LogP contribution in [0.3, 0.4) is 0 Å². The second kappa shape index (κ2) is 10.1. The number of nitrogens with two attached hydrogens (primary N) is 1. The van der Waals surface area contributed by atoms with E-state index in [2.05, 4.69) is 5.32 Å². The minimum absolute atomic E-state index is 0.0265. The normalized spacial score (nSPS) is 16.5. The maximum absolute atomic E-state index is 13.1. The molecule has 3 rings (SSSR count). The maximum Gasteiger partial charge on any atom is 0.227 e. The fraction of sp³-hybridized carbons (Fsp3) is 0.348. The number of nitrogens with zero attached hydrogens (tertiary/aromatic N) is 1. The molecule has 1 saturated heterocycles. The zero-order valence-electron chi connectivity index (χ0n) is 18.0. The molecule has 3 amide bonds. The van der Waals surface area contributed by atoms with Crippen molar-refractivity contribution in [2.45, 2.75) is 12.8 Å². The summed E-state index contributed by atoms with van der Waals surface area (Å²) in [4.78, 5) is 38.7. The zero-order valence-corrected chi connectivity index (χ0v) is 18.0. The van der Waals surface area contributed by atoms with Crippen LogP contribution in [0.4, 0.5) is 10.1 Å². The van der Waals surface area contributed by atoms with E-state index in [1.807, 2.05) is 0 Å². The molecule has 2 aromatic rings. The summed E-state index contributed by atoms with van der Waals surface area (Å²) in [7, 11) is 3.02. The van der Waals surface area contributed by atoms with Gasteiger partial charge in [0.15, 0.2) is 0 Å². The van der Waals surface area contributed by atoms with Crippen LogP contribution < -0.4 is 25.4 Å². The molecule has 3 N–H and O–H groups in total. The molecule has 1 fully saturated rings. The van der Waals surface area contributed by atoms with Gasteiger partial charge in [0.2, 0.25) is 17.7 Å². The Labute approximate surface area is 185 Å². The van der Waals surface area contributed by atoms with Crippen LogP contribution in [0.15, 0.2) is 42.5 Å². The van der Waals surface area contributed by atoms with Gasteiger partial charge in [-0.25, -0.2) is 4.39 Å². The number of primary amides is 1. The predicted molar refractivity (Wildman–Crippen MR) is 116 cm³/mol. The lowest BCUT2D eigenvalue weighted by Gasteiger charge is -2.20. The molecule has 0 saturated carbocycles. The largest absolute Gasteiger partial charge is 0.497 e. The lowest BCUT2D eigenvalue weighted by atomic mass is 9.98. The topological polar surface area (TPSA) is 111 Å². The minimum atomic E-state index is -0.656. The van der Waals surface area contributed by atoms with Crippen molar-refractivity contribution in [3.05, 3.63) is 53.8 Å².